The van der Waals surface area contributed by atoms with Crippen LogP contribution in [0.4, 0.5) is 10.5 Å². The number of amides is 2. The highest BCUT2D eigenvalue weighted by Gasteiger charge is 2.20. The molecule has 0 saturated carbocycles. The minimum absolute atomic E-state index is 0.104. The van der Waals surface area contributed by atoms with E-state index >= 15 is 0 Å². The summed E-state index contributed by atoms with van der Waals surface area (Å²) in [7, 11) is -4.07. The molecular formula is C19H13ClN4O5S3. The van der Waals surface area contributed by atoms with Crippen LogP contribution >= 0.6 is 35.6 Å². The molecule has 0 aliphatic heterocycles. The predicted octanol–water partition coefficient (Wildman–Crippen LogP) is 3.19. The Kier molecular flexibility index (Phi) is 5.86. The van der Waals surface area contributed by atoms with Gasteiger partial charge in [0.2, 0.25) is 0 Å². The van der Waals surface area contributed by atoms with Gasteiger partial charge in [0.15, 0.2) is 0 Å². The number of nitrogens with zero attached hydrogens (tertiary/aromatic N) is 1. The maximum Gasteiger partial charge on any atom is 0.333 e. The number of thiol groups is 1. The molecule has 2 heterocycles. The lowest BCUT2D eigenvalue weighted by molar-refractivity contribution is 0.256. The molecule has 164 valence electrons. The molecule has 32 heavy (non-hydrogen) atoms. The summed E-state index contributed by atoms with van der Waals surface area (Å²) >= 11 is 10.8. The van der Waals surface area contributed by atoms with Gasteiger partial charge in [0, 0.05) is 10.6 Å². The van der Waals surface area contributed by atoms with Crippen LogP contribution in [0.5, 0.6) is 0 Å². The Hall–Kier alpha value is -3.06. The third kappa shape index (κ3) is 4.43. The van der Waals surface area contributed by atoms with Gasteiger partial charge in [0.25, 0.3) is 15.6 Å². The van der Waals surface area contributed by atoms with Gasteiger partial charge in [0.1, 0.15) is 4.21 Å². The first-order chi connectivity index (χ1) is 15.1. The summed E-state index contributed by atoms with van der Waals surface area (Å²) < 4.78 is 27.4. The summed E-state index contributed by atoms with van der Waals surface area (Å²) in [4.78, 5) is 40.5. The van der Waals surface area contributed by atoms with Gasteiger partial charge in [-0.2, -0.15) is 0 Å². The first-order valence-electron chi connectivity index (χ1n) is 8.82. The third-order valence-corrected chi connectivity index (χ3v) is 7.64. The molecule has 0 aliphatic carbocycles. The lowest BCUT2D eigenvalue weighted by atomic mass is 10.2. The average Bonchev–Trinajstić information content (AvgIpc) is 3.17. The van der Waals surface area contributed by atoms with Crippen molar-refractivity contribution in [2.24, 2.45) is 0 Å². The van der Waals surface area contributed by atoms with E-state index in [-0.39, 0.29) is 25.3 Å². The van der Waals surface area contributed by atoms with Crippen LogP contribution < -0.4 is 21.3 Å². The zero-order valence-electron chi connectivity index (χ0n) is 15.8. The van der Waals surface area contributed by atoms with Crippen LogP contribution in [0.3, 0.4) is 0 Å². The summed E-state index contributed by atoms with van der Waals surface area (Å²) in [5, 5.41) is 2.67. The Balaban J connectivity index is 1.57. The summed E-state index contributed by atoms with van der Waals surface area (Å²) in [6.07, 6.45) is 0. The van der Waals surface area contributed by atoms with Crippen LogP contribution in [0.15, 0.2) is 73.3 Å². The fraction of sp³-hybridized carbons (Fsp3) is 0. The third-order valence-electron chi connectivity index (χ3n) is 4.31. The van der Waals surface area contributed by atoms with Crippen molar-refractivity contribution in [2.75, 3.05) is 5.32 Å². The molecule has 0 spiro atoms. The van der Waals surface area contributed by atoms with E-state index in [1.807, 2.05) is 4.72 Å². The molecule has 4 rings (SSSR count). The average molecular weight is 509 g/mol. The number of hydrogen-bond acceptors (Lipinski definition) is 7. The molecule has 2 amide bonds. The van der Waals surface area contributed by atoms with Crippen molar-refractivity contribution in [2.45, 2.75) is 9.10 Å². The number of halogens is 1. The van der Waals surface area contributed by atoms with Gasteiger partial charge in [-0.3, -0.25) is 4.79 Å². The lowest BCUT2D eigenvalue weighted by Gasteiger charge is -2.10. The molecule has 0 saturated heterocycles. The van der Waals surface area contributed by atoms with E-state index in [2.05, 4.69) is 22.9 Å². The fourth-order valence-electron chi connectivity index (χ4n) is 2.90. The van der Waals surface area contributed by atoms with Gasteiger partial charge in [-0.25, -0.2) is 27.3 Å². The summed E-state index contributed by atoms with van der Waals surface area (Å²) in [5.41, 5.74) is -0.271. The zero-order chi connectivity index (χ0) is 23.0. The number of urea groups is 1. The number of carbonyl (C=O) groups is 1. The highest BCUT2D eigenvalue weighted by atomic mass is 35.5. The van der Waals surface area contributed by atoms with Gasteiger partial charge in [0.05, 0.1) is 20.9 Å². The van der Waals surface area contributed by atoms with Gasteiger partial charge in [-0.05, 0) is 54.6 Å². The number of aromatic nitrogens is 2. The van der Waals surface area contributed by atoms with Crippen LogP contribution in [0.2, 0.25) is 4.34 Å². The minimum Gasteiger partial charge on any atom is -0.307 e. The van der Waals surface area contributed by atoms with Crippen molar-refractivity contribution in [3.63, 3.8) is 0 Å². The molecule has 0 unspecified atom stereocenters. The van der Waals surface area contributed by atoms with Crippen molar-refractivity contribution in [3.8, 4) is 5.69 Å². The van der Waals surface area contributed by atoms with Crippen molar-refractivity contribution in [1.82, 2.24) is 14.3 Å². The highest BCUT2D eigenvalue weighted by molar-refractivity contribution is 7.92. The van der Waals surface area contributed by atoms with E-state index in [1.54, 1.807) is 18.2 Å². The maximum absolute atomic E-state index is 12.8. The monoisotopic (exact) mass is 508 g/mol. The second-order valence-electron chi connectivity index (χ2n) is 6.47. The summed E-state index contributed by atoms with van der Waals surface area (Å²) in [5.74, 6) is 0. The molecule has 2 aromatic carbocycles. The number of benzene rings is 2. The second-order valence-corrected chi connectivity index (χ2v) is 10.6. The van der Waals surface area contributed by atoms with Crippen LogP contribution in [0.25, 0.3) is 16.6 Å². The number of hydrogen-bond donors (Lipinski definition) is 4. The van der Waals surface area contributed by atoms with E-state index < -0.39 is 27.3 Å². The number of rotatable bonds is 4. The van der Waals surface area contributed by atoms with Gasteiger partial charge in [-0.1, -0.05) is 11.6 Å². The Morgan fingerprint density at radius 3 is 2.44 bits per heavy atom. The molecule has 4 aromatic rings. The Labute approximate surface area is 195 Å². The van der Waals surface area contributed by atoms with Gasteiger partial charge in [-0.15, -0.1) is 24.0 Å². The van der Waals surface area contributed by atoms with E-state index in [9.17, 15) is 22.8 Å². The van der Waals surface area contributed by atoms with Crippen molar-refractivity contribution in [3.05, 3.63) is 79.8 Å². The number of thiophene rings is 1. The minimum atomic E-state index is -4.07. The Bertz CT molecular complexity index is 1570. The molecule has 0 fully saturated rings. The SMILES string of the molecule is O=C(Nc1ccc(-n2c(=O)[nH]c3ccc(S)cc3c2=O)cc1)NS(=O)(=O)c1ccc(Cl)s1. The first-order valence-corrected chi connectivity index (χ1v) is 11.9. The first kappa shape index (κ1) is 22.1. The number of fused-ring (bicyclic) bond motifs is 1. The number of carbonyl (C=O) groups excluding carboxylic acids is 1. The largest absolute Gasteiger partial charge is 0.333 e. The standard InChI is InChI=1S/C19H13ClN4O5S3/c20-15-7-8-16(31-15)32(28,29)23-18(26)21-10-1-3-11(4-2-10)24-17(25)13-9-12(30)5-6-14(13)22-19(24)27/h1-9,30H,(H,22,27)(H2,21,23,26). The van der Waals surface area contributed by atoms with Crippen LogP contribution in [-0.2, 0) is 10.0 Å². The van der Waals surface area contributed by atoms with Crippen LogP contribution in [0.1, 0.15) is 0 Å². The van der Waals surface area contributed by atoms with Crippen molar-refractivity contribution < 1.29 is 13.2 Å². The topological polar surface area (TPSA) is 130 Å². The van der Waals surface area contributed by atoms with Gasteiger partial charge >= 0.3 is 11.7 Å². The molecule has 3 N–H and O–H groups in total. The number of sulfonamides is 1. The second kappa shape index (κ2) is 8.47. The van der Waals surface area contributed by atoms with E-state index in [0.717, 1.165) is 15.9 Å². The molecule has 0 bridgehead atoms. The smallest absolute Gasteiger partial charge is 0.307 e. The van der Waals surface area contributed by atoms with Crippen LogP contribution in [0, 0.1) is 0 Å². The number of H-pyrrole nitrogens is 1. The van der Waals surface area contributed by atoms with E-state index in [1.165, 1.54) is 36.4 Å². The van der Waals surface area contributed by atoms with E-state index in [4.69, 9.17) is 11.6 Å². The Morgan fingerprint density at radius 2 is 1.78 bits per heavy atom. The molecule has 0 aliphatic rings. The maximum atomic E-state index is 12.8. The lowest BCUT2D eigenvalue weighted by Crippen LogP contribution is -2.34. The van der Waals surface area contributed by atoms with Crippen LogP contribution in [-0.4, -0.2) is 24.0 Å². The van der Waals surface area contributed by atoms with Crippen molar-refractivity contribution in [1.29, 1.82) is 0 Å². The molecular weight excluding hydrogens is 496 g/mol. The number of anilines is 1. The Morgan fingerprint density at radius 1 is 1.06 bits per heavy atom. The van der Waals surface area contributed by atoms with Gasteiger partial charge < -0.3 is 10.3 Å². The molecule has 2 aromatic heterocycles. The summed E-state index contributed by atoms with van der Waals surface area (Å²) in [6, 6.07) is 12.2. The van der Waals surface area contributed by atoms with Crippen molar-refractivity contribution >= 4 is 68.2 Å². The molecule has 0 atom stereocenters. The molecule has 0 radical (unpaired) electrons. The fourth-order valence-corrected chi connectivity index (χ4v) is 5.50. The molecule has 13 heteroatoms. The van der Waals surface area contributed by atoms with E-state index in [0.29, 0.717) is 10.4 Å². The number of aromatic amines is 1. The zero-order valence-corrected chi connectivity index (χ0v) is 19.1. The highest BCUT2D eigenvalue weighted by Crippen LogP contribution is 2.25. The molecule has 9 nitrogen and oxygen atoms in total. The predicted molar refractivity (Wildman–Crippen MR) is 126 cm³/mol. The normalized spacial score (nSPS) is 11.4. The summed E-state index contributed by atoms with van der Waals surface area (Å²) in [6.45, 7) is 0. The quantitative estimate of drug-likeness (QED) is 0.314. The number of nitrogens with one attached hydrogen (secondary N) is 3.